The van der Waals surface area contributed by atoms with Crippen molar-refractivity contribution in [3.05, 3.63) is 65.5 Å². The molecule has 0 fully saturated rings. The maximum Gasteiger partial charge on any atom is 0.267 e. The van der Waals surface area contributed by atoms with Gasteiger partial charge in [0.25, 0.3) is 5.91 Å². The monoisotopic (exact) mass is 319 g/mol. The van der Waals surface area contributed by atoms with E-state index in [1.807, 2.05) is 60.7 Å². The van der Waals surface area contributed by atoms with Gasteiger partial charge in [-0.05, 0) is 24.3 Å². The molecule has 3 N–H and O–H groups in total. The lowest BCUT2D eigenvalue weighted by Gasteiger charge is -2.03. The Kier molecular flexibility index (Phi) is 3.20. The van der Waals surface area contributed by atoms with Crippen LogP contribution in [0, 0.1) is 0 Å². The van der Waals surface area contributed by atoms with Crippen molar-refractivity contribution in [3.8, 4) is 0 Å². The first-order valence-corrected chi connectivity index (χ1v) is 7.98. The van der Waals surface area contributed by atoms with Crippen LogP contribution in [-0.2, 0) is 0 Å². The highest BCUT2D eigenvalue weighted by molar-refractivity contribution is 7.21. The Morgan fingerprint density at radius 1 is 1.04 bits per heavy atom. The molecule has 4 nitrogen and oxygen atoms in total. The van der Waals surface area contributed by atoms with Gasteiger partial charge in [-0.2, -0.15) is 0 Å². The molecule has 4 rings (SSSR count). The molecule has 2 heterocycles. The molecule has 4 aromatic rings. The Balaban J connectivity index is 1.79. The summed E-state index contributed by atoms with van der Waals surface area (Å²) < 4.78 is 0. The maximum atomic E-state index is 12.5. The fraction of sp³-hybridized carbons (Fsp3) is 0. The fourth-order valence-corrected chi connectivity index (χ4v) is 3.50. The molecule has 23 heavy (non-hydrogen) atoms. The first-order valence-electron chi connectivity index (χ1n) is 7.16. The van der Waals surface area contributed by atoms with E-state index in [4.69, 9.17) is 5.73 Å². The molecular formula is C18H13N3OS. The number of nitrogens with zero attached hydrogens (tertiary/aromatic N) is 1. The number of hydrogen-bond donors (Lipinski definition) is 2. The summed E-state index contributed by atoms with van der Waals surface area (Å²) in [7, 11) is 0. The summed E-state index contributed by atoms with van der Waals surface area (Å²) >= 11 is 1.32. The minimum atomic E-state index is -0.208. The summed E-state index contributed by atoms with van der Waals surface area (Å²) in [5.74, 6) is -0.208. The Bertz CT molecular complexity index is 1020. The van der Waals surface area contributed by atoms with E-state index in [-0.39, 0.29) is 5.91 Å². The summed E-state index contributed by atoms with van der Waals surface area (Å²) in [6.07, 6.45) is 0. The van der Waals surface area contributed by atoms with Crippen molar-refractivity contribution < 1.29 is 4.79 Å². The largest absolute Gasteiger partial charge is 0.397 e. The first kappa shape index (κ1) is 13.7. The predicted molar refractivity (Wildman–Crippen MR) is 95.9 cm³/mol. The lowest BCUT2D eigenvalue weighted by Crippen LogP contribution is -2.11. The smallest absolute Gasteiger partial charge is 0.267 e. The topological polar surface area (TPSA) is 68.0 Å². The highest BCUT2D eigenvalue weighted by atomic mass is 32.1. The van der Waals surface area contributed by atoms with Gasteiger partial charge in [0.2, 0.25) is 0 Å². The van der Waals surface area contributed by atoms with Crippen LogP contribution < -0.4 is 11.1 Å². The average Bonchev–Trinajstić information content (AvgIpc) is 2.90. The van der Waals surface area contributed by atoms with Gasteiger partial charge in [-0.25, -0.2) is 4.98 Å². The minimum Gasteiger partial charge on any atom is -0.397 e. The SMILES string of the molecule is Nc1c(C(=O)Nc2ccccc2)sc2nc3ccccc3cc12. The number of fused-ring (bicyclic) bond motifs is 2. The molecule has 0 aliphatic rings. The van der Waals surface area contributed by atoms with Gasteiger partial charge in [-0.1, -0.05) is 36.4 Å². The number of amides is 1. The number of nitrogen functional groups attached to an aromatic ring is 1. The quantitative estimate of drug-likeness (QED) is 0.579. The molecule has 1 amide bonds. The van der Waals surface area contributed by atoms with E-state index in [2.05, 4.69) is 10.3 Å². The number of benzene rings is 2. The van der Waals surface area contributed by atoms with Gasteiger partial charge >= 0.3 is 0 Å². The van der Waals surface area contributed by atoms with Crippen molar-refractivity contribution in [2.45, 2.75) is 0 Å². The third kappa shape index (κ3) is 2.41. The van der Waals surface area contributed by atoms with Crippen LogP contribution in [0.1, 0.15) is 9.67 Å². The van der Waals surface area contributed by atoms with Crippen LogP contribution in [0.25, 0.3) is 21.1 Å². The third-order valence-electron chi connectivity index (χ3n) is 3.66. The Morgan fingerprint density at radius 3 is 2.61 bits per heavy atom. The average molecular weight is 319 g/mol. The van der Waals surface area contributed by atoms with Gasteiger partial charge in [0.05, 0.1) is 11.2 Å². The van der Waals surface area contributed by atoms with Crippen molar-refractivity contribution in [2.75, 3.05) is 11.1 Å². The molecule has 2 aromatic carbocycles. The van der Waals surface area contributed by atoms with Crippen LogP contribution in [0.4, 0.5) is 11.4 Å². The maximum absolute atomic E-state index is 12.5. The molecule has 0 aliphatic carbocycles. The Hall–Kier alpha value is -2.92. The number of carbonyl (C=O) groups is 1. The summed E-state index contributed by atoms with van der Waals surface area (Å²) in [4.78, 5) is 18.4. The Labute approximate surface area is 136 Å². The van der Waals surface area contributed by atoms with E-state index in [0.29, 0.717) is 10.6 Å². The van der Waals surface area contributed by atoms with Crippen molar-refractivity contribution >= 4 is 49.7 Å². The molecule has 0 spiro atoms. The first-order chi connectivity index (χ1) is 11.2. The van der Waals surface area contributed by atoms with Crippen LogP contribution >= 0.6 is 11.3 Å². The minimum absolute atomic E-state index is 0.208. The second-order valence-corrected chi connectivity index (χ2v) is 6.20. The lowest BCUT2D eigenvalue weighted by atomic mass is 10.1. The molecular weight excluding hydrogens is 306 g/mol. The molecule has 5 heteroatoms. The molecule has 0 bridgehead atoms. The van der Waals surface area contributed by atoms with E-state index in [1.165, 1.54) is 11.3 Å². The molecule has 112 valence electrons. The zero-order valence-electron chi connectivity index (χ0n) is 12.1. The van der Waals surface area contributed by atoms with Crippen molar-refractivity contribution in [1.29, 1.82) is 0 Å². The second kappa shape index (κ2) is 5.37. The number of nitrogens with one attached hydrogen (secondary N) is 1. The van der Waals surface area contributed by atoms with Gasteiger partial charge in [0, 0.05) is 16.5 Å². The second-order valence-electron chi connectivity index (χ2n) is 5.20. The number of hydrogen-bond acceptors (Lipinski definition) is 4. The van der Waals surface area contributed by atoms with Crippen LogP contribution in [0.2, 0.25) is 0 Å². The van der Waals surface area contributed by atoms with Crippen molar-refractivity contribution in [3.63, 3.8) is 0 Å². The van der Waals surface area contributed by atoms with Crippen LogP contribution in [0.5, 0.6) is 0 Å². The number of pyridine rings is 1. The van der Waals surface area contributed by atoms with E-state index in [0.717, 1.165) is 26.8 Å². The number of aromatic nitrogens is 1. The normalized spacial score (nSPS) is 11.0. The van der Waals surface area contributed by atoms with Crippen LogP contribution in [0.15, 0.2) is 60.7 Å². The number of anilines is 2. The lowest BCUT2D eigenvalue weighted by molar-refractivity contribution is 0.103. The molecule has 0 atom stereocenters. The molecule has 2 aromatic heterocycles. The third-order valence-corrected chi connectivity index (χ3v) is 4.77. The highest BCUT2D eigenvalue weighted by Crippen LogP contribution is 2.34. The van der Waals surface area contributed by atoms with Gasteiger partial charge < -0.3 is 11.1 Å². The number of nitrogens with two attached hydrogens (primary N) is 1. The van der Waals surface area contributed by atoms with E-state index < -0.39 is 0 Å². The van der Waals surface area contributed by atoms with Gasteiger partial charge in [0.15, 0.2) is 0 Å². The highest BCUT2D eigenvalue weighted by Gasteiger charge is 2.17. The predicted octanol–water partition coefficient (Wildman–Crippen LogP) is 4.28. The fourth-order valence-electron chi connectivity index (χ4n) is 2.52. The molecule has 0 radical (unpaired) electrons. The molecule has 0 saturated heterocycles. The van der Waals surface area contributed by atoms with Crippen molar-refractivity contribution in [1.82, 2.24) is 4.98 Å². The number of rotatable bonds is 2. The summed E-state index contributed by atoms with van der Waals surface area (Å²) in [5, 5.41) is 4.70. The van der Waals surface area contributed by atoms with E-state index >= 15 is 0 Å². The van der Waals surface area contributed by atoms with Gasteiger partial charge in [-0.3, -0.25) is 4.79 Å². The van der Waals surface area contributed by atoms with Crippen molar-refractivity contribution in [2.24, 2.45) is 0 Å². The molecule has 0 saturated carbocycles. The van der Waals surface area contributed by atoms with Crippen LogP contribution in [-0.4, -0.2) is 10.9 Å². The molecule has 0 aliphatic heterocycles. The summed E-state index contributed by atoms with van der Waals surface area (Å²) in [5.41, 5.74) is 8.32. The standard InChI is InChI=1S/C18H13N3OS/c19-15-13-10-11-6-4-5-9-14(11)21-18(13)23-16(15)17(22)20-12-7-2-1-3-8-12/h1-10H,19H2,(H,20,22). The van der Waals surface area contributed by atoms with Gasteiger partial charge in [0.1, 0.15) is 9.71 Å². The van der Waals surface area contributed by atoms with E-state index in [9.17, 15) is 4.79 Å². The van der Waals surface area contributed by atoms with Gasteiger partial charge in [-0.15, -0.1) is 11.3 Å². The van der Waals surface area contributed by atoms with E-state index in [1.54, 1.807) is 0 Å². The zero-order valence-corrected chi connectivity index (χ0v) is 12.9. The van der Waals surface area contributed by atoms with Crippen LogP contribution in [0.3, 0.4) is 0 Å². The zero-order chi connectivity index (χ0) is 15.8. The number of carbonyl (C=O) groups excluding carboxylic acids is 1. The summed E-state index contributed by atoms with van der Waals surface area (Å²) in [6, 6.07) is 19.2. The number of para-hydroxylation sites is 2. The summed E-state index contributed by atoms with van der Waals surface area (Å²) in [6.45, 7) is 0. The molecule has 0 unspecified atom stereocenters. The Morgan fingerprint density at radius 2 is 1.78 bits per heavy atom. The number of thiophene rings is 1.